The van der Waals surface area contributed by atoms with Crippen LogP contribution in [0.1, 0.15) is 5.56 Å². The molecule has 1 aromatic carbocycles. The van der Waals surface area contributed by atoms with Crippen molar-refractivity contribution in [3.05, 3.63) is 34.9 Å². The van der Waals surface area contributed by atoms with E-state index in [9.17, 15) is 4.79 Å². The molecule has 4 heteroatoms. The SMILES string of the molecule is CN(C)C(=O)C(N)Cc1ccc(Cl)cc1. The summed E-state index contributed by atoms with van der Waals surface area (Å²) in [5.74, 6) is -0.0649. The van der Waals surface area contributed by atoms with Gasteiger partial charge in [0.2, 0.25) is 5.91 Å². The predicted octanol–water partition coefficient (Wildman–Crippen LogP) is 1.30. The molecule has 0 bridgehead atoms. The van der Waals surface area contributed by atoms with E-state index in [1.807, 2.05) is 12.1 Å². The second kappa shape index (κ2) is 5.14. The van der Waals surface area contributed by atoms with Crippen LogP contribution >= 0.6 is 11.6 Å². The zero-order valence-corrected chi connectivity index (χ0v) is 9.66. The highest BCUT2D eigenvalue weighted by molar-refractivity contribution is 6.30. The lowest BCUT2D eigenvalue weighted by Crippen LogP contribution is -2.41. The molecule has 1 amide bonds. The van der Waals surface area contributed by atoms with Crippen LogP contribution in [0.4, 0.5) is 0 Å². The molecule has 1 rings (SSSR count). The standard InChI is InChI=1S/C11H15ClN2O/c1-14(2)11(15)10(13)7-8-3-5-9(12)6-4-8/h3-6,10H,7,13H2,1-2H3. The molecule has 1 atom stereocenters. The summed E-state index contributed by atoms with van der Waals surface area (Å²) in [4.78, 5) is 13.0. The van der Waals surface area contributed by atoms with Crippen LogP contribution in [0, 0.1) is 0 Å². The van der Waals surface area contributed by atoms with Gasteiger partial charge in [-0.2, -0.15) is 0 Å². The molecule has 15 heavy (non-hydrogen) atoms. The Bertz CT molecular complexity index is 335. The zero-order valence-electron chi connectivity index (χ0n) is 8.90. The van der Waals surface area contributed by atoms with E-state index in [-0.39, 0.29) is 5.91 Å². The molecule has 0 aliphatic rings. The Morgan fingerprint density at radius 3 is 2.40 bits per heavy atom. The highest BCUT2D eigenvalue weighted by Gasteiger charge is 2.15. The van der Waals surface area contributed by atoms with E-state index < -0.39 is 6.04 Å². The molecule has 1 aromatic rings. The third kappa shape index (κ3) is 3.53. The maximum absolute atomic E-state index is 11.5. The molecular weight excluding hydrogens is 212 g/mol. The average Bonchev–Trinajstić information content (AvgIpc) is 2.20. The van der Waals surface area contributed by atoms with Crippen molar-refractivity contribution in [3.63, 3.8) is 0 Å². The quantitative estimate of drug-likeness (QED) is 0.845. The van der Waals surface area contributed by atoms with Crippen LogP contribution in [0.15, 0.2) is 24.3 Å². The summed E-state index contributed by atoms with van der Waals surface area (Å²) in [7, 11) is 3.40. The van der Waals surface area contributed by atoms with Crippen LogP contribution in [0.3, 0.4) is 0 Å². The maximum atomic E-state index is 11.5. The molecule has 0 spiro atoms. The van der Waals surface area contributed by atoms with E-state index in [4.69, 9.17) is 17.3 Å². The van der Waals surface area contributed by atoms with Gasteiger partial charge in [0.25, 0.3) is 0 Å². The molecule has 1 unspecified atom stereocenters. The van der Waals surface area contributed by atoms with Crippen molar-refractivity contribution >= 4 is 17.5 Å². The van der Waals surface area contributed by atoms with Gasteiger partial charge in [-0.25, -0.2) is 0 Å². The van der Waals surface area contributed by atoms with Crippen LogP contribution in [-0.4, -0.2) is 30.9 Å². The highest BCUT2D eigenvalue weighted by Crippen LogP contribution is 2.10. The Kier molecular flexibility index (Phi) is 4.12. The number of hydrogen-bond donors (Lipinski definition) is 1. The number of nitrogens with two attached hydrogens (primary N) is 1. The Hall–Kier alpha value is -1.06. The van der Waals surface area contributed by atoms with Crippen LogP contribution in [-0.2, 0) is 11.2 Å². The molecule has 0 heterocycles. The number of carbonyl (C=O) groups is 1. The number of rotatable bonds is 3. The van der Waals surface area contributed by atoms with E-state index in [1.54, 1.807) is 26.2 Å². The van der Waals surface area contributed by atoms with Crippen molar-refractivity contribution in [1.29, 1.82) is 0 Å². The van der Waals surface area contributed by atoms with Crippen molar-refractivity contribution in [1.82, 2.24) is 4.90 Å². The van der Waals surface area contributed by atoms with Gasteiger partial charge in [0.05, 0.1) is 6.04 Å². The average molecular weight is 227 g/mol. The van der Waals surface area contributed by atoms with E-state index in [0.29, 0.717) is 11.4 Å². The summed E-state index contributed by atoms with van der Waals surface area (Å²) >= 11 is 5.75. The number of benzene rings is 1. The predicted molar refractivity (Wildman–Crippen MR) is 61.8 cm³/mol. The minimum atomic E-state index is -0.485. The third-order valence-electron chi connectivity index (χ3n) is 2.13. The normalized spacial score (nSPS) is 12.3. The van der Waals surface area contributed by atoms with Gasteiger partial charge >= 0.3 is 0 Å². The molecule has 0 saturated heterocycles. The van der Waals surface area contributed by atoms with Crippen LogP contribution in [0.5, 0.6) is 0 Å². The minimum Gasteiger partial charge on any atom is -0.347 e. The molecule has 0 saturated carbocycles. The summed E-state index contributed by atoms with van der Waals surface area (Å²) < 4.78 is 0. The van der Waals surface area contributed by atoms with Crippen molar-refractivity contribution < 1.29 is 4.79 Å². The van der Waals surface area contributed by atoms with E-state index in [0.717, 1.165) is 5.56 Å². The van der Waals surface area contributed by atoms with Crippen molar-refractivity contribution in [2.45, 2.75) is 12.5 Å². The smallest absolute Gasteiger partial charge is 0.239 e. The van der Waals surface area contributed by atoms with Gasteiger partial charge in [-0.05, 0) is 24.1 Å². The Labute approximate surface area is 94.8 Å². The van der Waals surface area contributed by atoms with Gasteiger partial charge in [0, 0.05) is 19.1 Å². The molecule has 0 fully saturated rings. The van der Waals surface area contributed by atoms with Gasteiger partial charge in [-0.15, -0.1) is 0 Å². The van der Waals surface area contributed by atoms with Gasteiger partial charge in [0.15, 0.2) is 0 Å². The van der Waals surface area contributed by atoms with Gasteiger partial charge in [0.1, 0.15) is 0 Å². The van der Waals surface area contributed by atoms with Crippen molar-refractivity contribution in [2.75, 3.05) is 14.1 Å². The number of nitrogens with zero attached hydrogens (tertiary/aromatic N) is 1. The van der Waals surface area contributed by atoms with E-state index in [1.165, 1.54) is 4.90 Å². The first kappa shape index (κ1) is 12.0. The summed E-state index contributed by atoms with van der Waals surface area (Å²) in [5, 5.41) is 0.686. The molecule has 3 nitrogen and oxygen atoms in total. The Balaban J connectivity index is 2.62. The van der Waals surface area contributed by atoms with E-state index >= 15 is 0 Å². The minimum absolute atomic E-state index is 0.0649. The van der Waals surface area contributed by atoms with Crippen LogP contribution < -0.4 is 5.73 Å². The number of likely N-dealkylation sites (N-methyl/N-ethyl adjacent to an activating group) is 1. The maximum Gasteiger partial charge on any atom is 0.239 e. The molecule has 2 N–H and O–H groups in total. The molecular formula is C11H15ClN2O. The van der Waals surface area contributed by atoms with Gasteiger partial charge in [-0.3, -0.25) is 4.79 Å². The second-order valence-corrected chi connectivity index (χ2v) is 4.11. The molecule has 0 aliphatic heterocycles. The lowest BCUT2D eigenvalue weighted by molar-refractivity contribution is -0.130. The molecule has 0 aromatic heterocycles. The van der Waals surface area contributed by atoms with Crippen LogP contribution in [0.25, 0.3) is 0 Å². The monoisotopic (exact) mass is 226 g/mol. The summed E-state index contributed by atoms with van der Waals surface area (Å²) in [6.07, 6.45) is 0.536. The largest absolute Gasteiger partial charge is 0.347 e. The Morgan fingerprint density at radius 2 is 1.93 bits per heavy atom. The molecule has 82 valence electrons. The third-order valence-corrected chi connectivity index (χ3v) is 2.38. The van der Waals surface area contributed by atoms with Gasteiger partial charge < -0.3 is 10.6 Å². The van der Waals surface area contributed by atoms with Crippen molar-refractivity contribution in [3.8, 4) is 0 Å². The zero-order chi connectivity index (χ0) is 11.4. The number of halogens is 1. The van der Waals surface area contributed by atoms with Crippen molar-refractivity contribution in [2.24, 2.45) is 5.73 Å². The fourth-order valence-corrected chi connectivity index (χ4v) is 1.42. The lowest BCUT2D eigenvalue weighted by atomic mass is 10.1. The molecule has 0 radical (unpaired) electrons. The highest BCUT2D eigenvalue weighted by atomic mass is 35.5. The second-order valence-electron chi connectivity index (χ2n) is 3.67. The topological polar surface area (TPSA) is 46.3 Å². The van der Waals surface area contributed by atoms with Gasteiger partial charge in [-0.1, -0.05) is 23.7 Å². The van der Waals surface area contributed by atoms with E-state index in [2.05, 4.69) is 0 Å². The summed E-state index contributed by atoms with van der Waals surface area (Å²) in [5.41, 5.74) is 6.78. The Morgan fingerprint density at radius 1 is 1.40 bits per heavy atom. The van der Waals surface area contributed by atoms with Crippen LogP contribution in [0.2, 0.25) is 5.02 Å². The summed E-state index contributed by atoms with van der Waals surface area (Å²) in [6, 6.07) is 6.87. The summed E-state index contributed by atoms with van der Waals surface area (Å²) in [6.45, 7) is 0. The first-order valence-corrected chi connectivity index (χ1v) is 5.09. The fourth-order valence-electron chi connectivity index (χ4n) is 1.29. The molecule has 0 aliphatic carbocycles. The first-order valence-electron chi connectivity index (χ1n) is 4.72. The number of carbonyl (C=O) groups excluding carboxylic acids is 1. The fraction of sp³-hybridized carbons (Fsp3) is 0.364. The lowest BCUT2D eigenvalue weighted by Gasteiger charge is -2.16. The number of amides is 1. The number of hydrogen-bond acceptors (Lipinski definition) is 2. The first-order chi connectivity index (χ1) is 7.00.